The molecule has 0 spiro atoms. The number of carbonyl (C=O) groups is 2. The fourth-order valence-corrected chi connectivity index (χ4v) is 4.72. The maximum atomic E-state index is 13.0. The van der Waals surface area contributed by atoms with Crippen molar-refractivity contribution < 1.29 is 19.4 Å². The maximum absolute atomic E-state index is 13.0. The Bertz CT molecular complexity index is 1030. The van der Waals surface area contributed by atoms with Crippen LogP contribution in [0.1, 0.15) is 31.8 Å². The number of phenols is 1. The molecule has 134 valence electrons. The Morgan fingerprint density at radius 3 is 2.26 bits per heavy atom. The summed E-state index contributed by atoms with van der Waals surface area (Å²) in [5.41, 5.74) is 0.851. The molecule has 27 heavy (non-hydrogen) atoms. The van der Waals surface area contributed by atoms with Crippen molar-refractivity contribution in [2.24, 2.45) is 0 Å². The van der Waals surface area contributed by atoms with E-state index in [9.17, 15) is 14.7 Å². The zero-order valence-electron chi connectivity index (χ0n) is 14.3. The van der Waals surface area contributed by atoms with Gasteiger partial charge in [-0.3, -0.25) is 0 Å². The summed E-state index contributed by atoms with van der Waals surface area (Å²) in [7, 11) is 0. The minimum absolute atomic E-state index is 0.0551. The van der Waals surface area contributed by atoms with Crippen molar-refractivity contribution in [1.82, 2.24) is 0 Å². The van der Waals surface area contributed by atoms with Crippen LogP contribution in [0.15, 0.2) is 66.7 Å². The van der Waals surface area contributed by atoms with Gasteiger partial charge in [-0.25, -0.2) is 0 Å². The molecule has 4 nitrogen and oxygen atoms in total. The van der Waals surface area contributed by atoms with Crippen molar-refractivity contribution in [3.8, 4) is 11.5 Å². The van der Waals surface area contributed by atoms with Crippen LogP contribution in [0.4, 0.5) is 0 Å². The third-order valence-corrected chi connectivity index (χ3v) is 6.41. The first-order valence-electron chi connectivity index (χ1n) is 8.52. The van der Waals surface area contributed by atoms with Gasteiger partial charge in [-0.2, -0.15) is 0 Å². The number of carbonyl (C=O) groups excluding carboxylic acids is 2. The van der Waals surface area contributed by atoms with Crippen molar-refractivity contribution in [2.75, 3.05) is 6.61 Å². The van der Waals surface area contributed by atoms with Crippen LogP contribution >= 0.6 is 0 Å². The zero-order chi connectivity index (χ0) is 18.8. The summed E-state index contributed by atoms with van der Waals surface area (Å²) in [6.07, 6.45) is 0. The molecule has 3 aromatic carbocycles. The fourth-order valence-electron chi connectivity index (χ4n) is 3.14. The molecule has 0 atom stereocenters. The van der Waals surface area contributed by atoms with E-state index in [-0.39, 0.29) is 49.0 Å². The molecule has 5 heteroatoms. The Balaban J connectivity index is 1.57. The number of hydrogen-bond donors (Lipinski definition) is 1. The Morgan fingerprint density at radius 1 is 0.778 bits per heavy atom. The molecule has 0 unspecified atom stereocenters. The fraction of sp³-hybridized carbons (Fsp3) is 0.0909. The van der Waals surface area contributed by atoms with Gasteiger partial charge in [0.15, 0.2) is 0 Å². The molecule has 0 fully saturated rings. The number of benzene rings is 3. The van der Waals surface area contributed by atoms with Crippen LogP contribution in [0.2, 0.25) is 5.32 Å². The topological polar surface area (TPSA) is 63.6 Å². The first-order valence-corrected chi connectivity index (χ1v) is 10.6. The third-order valence-electron chi connectivity index (χ3n) is 4.36. The summed E-state index contributed by atoms with van der Waals surface area (Å²) >= 11 is 0.279. The number of ether oxygens (including phenoxy) is 1. The monoisotopic (exact) mass is 424 g/mol. The van der Waals surface area contributed by atoms with Crippen molar-refractivity contribution in [2.45, 2.75) is 5.32 Å². The van der Waals surface area contributed by atoms with Crippen molar-refractivity contribution in [3.63, 3.8) is 0 Å². The number of hydrogen-bond acceptors (Lipinski definition) is 4. The van der Waals surface area contributed by atoms with E-state index >= 15 is 0 Å². The minimum atomic E-state index is -0.373. The Hall–Kier alpha value is -2.88. The van der Waals surface area contributed by atoms with Gasteiger partial charge in [0.05, 0.1) is 0 Å². The van der Waals surface area contributed by atoms with Crippen LogP contribution < -0.4 is 9.20 Å². The van der Waals surface area contributed by atoms with Crippen LogP contribution in [0.5, 0.6) is 11.5 Å². The molecule has 0 aromatic heterocycles. The average Bonchev–Trinajstić information content (AvgIpc) is 2.70. The van der Waals surface area contributed by atoms with Crippen molar-refractivity contribution >= 4 is 31.0 Å². The van der Waals surface area contributed by atoms with Gasteiger partial charge >= 0.3 is 163 Å². The Labute approximate surface area is 163 Å². The summed E-state index contributed by atoms with van der Waals surface area (Å²) in [5, 5.41) is 10.9. The molecule has 0 radical (unpaired) electrons. The van der Waals surface area contributed by atoms with Crippen LogP contribution in [0, 0.1) is 0 Å². The molecule has 0 saturated carbocycles. The molecule has 3 aromatic rings. The van der Waals surface area contributed by atoms with Gasteiger partial charge in [0.2, 0.25) is 0 Å². The van der Waals surface area contributed by atoms with E-state index in [4.69, 9.17) is 4.74 Å². The molecule has 0 aliphatic heterocycles. The molecule has 1 aliphatic carbocycles. The van der Waals surface area contributed by atoms with Gasteiger partial charge in [-0.1, -0.05) is 0 Å². The standard InChI is InChI=1S/C22H16O4Se/c23-17-10-4-8-15-19(17)22(25)20-16(21(15)24)9-5-11-18(20)26-12-13-27-14-6-2-1-3-7-14/h1-11,23H,12-13H2. The van der Waals surface area contributed by atoms with Crippen LogP contribution in [-0.4, -0.2) is 38.2 Å². The quantitative estimate of drug-likeness (QED) is 0.396. The Morgan fingerprint density at radius 2 is 1.48 bits per heavy atom. The Kier molecular flexibility index (Phi) is 4.80. The molecule has 0 amide bonds. The molecule has 4 rings (SSSR count). The number of phenolic OH excluding ortho intramolecular Hbond substituents is 1. The van der Waals surface area contributed by atoms with E-state index < -0.39 is 0 Å². The van der Waals surface area contributed by atoms with Gasteiger partial charge in [0, 0.05) is 0 Å². The molecular formula is C22H16O4Se. The van der Waals surface area contributed by atoms with Crippen LogP contribution in [-0.2, 0) is 0 Å². The summed E-state index contributed by atoms with van der Waals surface area (Å²) in [6, 6.07) is 19.8. The first-order chi connectivity index (χ1) is 13.2. The van der Waals surface area contributed by atoms with Gasteiger partial charge in [-0.15, -0.1) is 0 Å². The second-order valence-electron chi connectivity index (χ2n) is 6.05. The van der Waals surface area contributed by atoms with Crippen molar-refractivity contribution in [3.05, 3.63) is 89.0 Å². The summed E-state index contributed by atoms with van der Waals surface area (Å²) < 4.78 is 7.15. The SMILES string of the molecule is O=C1c2cccc(O)c2C(=O)c2c(OCC[Se]c3ccccc3)cccc21. The second kappa shape index (κ2) is 7.39. The van der Waals surface area contributed by atoms with Crippen LogP contribution in [0.3, 0.4) is 0 Å². The van der Waals surface area contributed by atoms with Gasteiger partial charge in [-0.05, 0) is 0 Å². The number of fused-ring (bicyclic) bond motifs is 2. The van der Waals surface area contributed by atoms with Gasteiger partial charge < -0.3 is 0 Å². The van der Waals surface area contributed by atoms with E-state index in [1.165, 1.54) is 10.5 Å². The summed E-state index contributed by atoms with van der Waals surface area (Å²) in [6.45, 7) is 0.459. The van der Waals surface area contributed by atoms with E-state index in [2.05, 4.69) is 12.1 Å². The number of aromatic hydroxyl groups is 1. The average molecular weight is 423 g/mol. The summed E-state index contributed by atoms with van der Waals surface area (Å²) in [4.78, 5) is 25.7. The molecule has 0 saturated heterocycles. The predicted octanol–water partition coefficient (Wildman–Crippen LogP) is 2.99. The third kappa shape index (κ3) is 3.27. The van der Waals surface area contributed by atoms with Gasteiger partial charge in [0.25, 0.3) is 0 Å². The molecule has 0 bridgehead atoms. The molecule has 1 aliphatic rings. The van der Waals surface area contributed by atoms with Crippen molar-refractivity contribution in [1.29, 1.82) is 0 Å². The normalized spacial score (nSPS) is 12.4. The predicted molar refractivity (Wildman–Crippen MR) is 104 cm³/mol. The first kappa shape index (κ1) is 17.5. The molecule has 0 heterocycles. The second-order valence-corrected chi connectivity index (χ2v) is 8.50. The number of rotatable bonds is 5. The van der Waals surface area contributed by atoms with E-state index in [1.54, 1.807) is 30.3 Å². The molecular weight excluding hydrogens is 407 g/mol. The summed E-state index contributed by atoms with van der Waals surface area (Å²) in [5.74, 6) is -0.432. The number of ketones is 2. The van der Waals surface area contributed by atoms with E-state index in [0.29, 0.717) is 17.9 Å². The van der Waals surface area contributed by atoms with E-state index in [0.717, 1.165) is 5.32 Å². The molecule has 1 N–H and O–H groups in total. The van der Waals surface area contributed by atoms with Crippen LogP contribution in [0.25, 0.3) is 0 Å². The zero-order valence-corrected chi connectivity index (χ0v) is 16.1. The van der Waals surface area contributed by atoms with Gasteiger partial charge in [0.1, 0.15) is 0 Å². The van der Waals surface area contributed by atoms with E-state index in [1.807, 2.05) is 18.2 Å².